The molecule has 10 heteroatoms. The Morgan fingerprint density at radius 3 is 2.44 bits per heavy atom. The summed E-state index contributed by atoms with van der Waals surface area (Å²) in [5.41, 5.74) is 1.64. The van der Waals surface area contributed by atoms with E-state index in [4.69, 9.17) is 4.74 Å². The van der Waals surface area contributed by atoms with Crippen LogP contribution in [-0.4, -0.2) is 28.5 Å². The predicted molar refractivity (Wildman–Crippen MR) is 158 cm³/mol. The zero-order chi connectivity index (χ0) is 27.5. The number of hydrogen-bond acceptors (Lipinski definition) is 5. The van der Waals surface area contributed by atoms with Crippen LogP contribution < -0.4 is 10.1 Å². The van der Waals surface area contributed by atoms with Gasteiger partial charge in [-0.3, -0.25) is 19.3 Å². The molecule has 0 bridgehead atoms. The Kier molecular flexibility index (Phi) is 8.15. The van der Waals surface area contributed by atoms with Crippen LogP contribution in [0.1, 0.15) is 11.1 Å². The van der Waals surface area contributed by atoms with Gasteiger partial charge < -0.3 is 10.1 Å². The second-order valence-electron chi connectivity index (χ2n) is 8.54. The largest absolute Gasteiger partial charge is 0.486 e. The third kappa shape index (κ3) is 6.08. The van der Waals surface area contributed by atoms with E-state index in [0.29, 0.717) is 31.5 Å². The molecule has 39 heavy (non-hydrogen) atoms. The molecular formula is C29H19Br2FN2O4S. The van der Waals surface area contributed by atoms with Gasteiger partial charge in [-0.1, -0.05) is 54.6 Å². The highest BCUT2D eigenvalue weighted by atomic mass is 79.9. The molecule has 1 aliphatic heterocycles. The van der Waals surface area contributed by atoms with Crippen molar-refractivity contribution in [2.75, 3.05) is 11.9 Å². The van der Waals surface area contributed by atoms with Gasteiger partial charge in [0, 0.05) is 16.6 Å². The highest BCUT2D eigenvalue weighted by molar-refractivity contribution is 9.11. The molecule has 0 unspecified atom stereocenters. The summed E-state index contributed by atoms with van der Waals surface area (Å²) in [6.45, 7) is -0.371. The Bertz CT molecular complexity index is 1630. The van der Waals surface area contributed by atoms with E-state index >= 15 is 0 Å². The Labute approximate surface area is 244 Å². The number of imide groups is 1. The molecule has 6 nitrogen and oxygen atoms in total. The molecule has 196 valence electrons. The van der Waals surface area contributed by atoms with Crippen molar-refractivity contribution in [3.8, 4) is 5.75 Å². The number of nitrogens with one attached hydrogen (secondary N) is 1. The first-order valence-corrected chi connectivity index (χ1v) is 14.1. The number of thioether (sulfide) groups is 1. The molecule has 3 amide bonds. The number of benzene rings is 4. The molecule has 1 fully saturated rings. The van der Waals surface area contributed by atoms with Crippen molar-refractivity contribution in [1.29, 1.82) is 0 Å². The van der Waals surface area contributed by atoms with E-state index in [1.165, 1.54) is 6.07 Å². The number of ether oxygens (including phenoxy) is 1. The van der Waals surface area contributed by atoms with Crippen molar-refractivity contribution in [3.63, 3.8) is 0 Å². The van der Waals surface area contributed by atoms with Crippen LogP contribution in [0.15, 0.2) is 92.7 Å². The zero-order valence-electron chi connectivity index (χ0n) is 20.1. The monoisotopic (exact) mass is 668 g/mol. The minimum absolute atomic E-state index is 0.0307. The number of amides is 3. The summed E-state index contributed by atoms with van der Waals surface area (Å²) >= 11 is 7.69. The molecule has 0 aromatic heterocycles. The summed E-state index contributed by atoms with van der Waals surface area (Å²) in [6.07, 6.45) is 1.57. The Balaban J connectivity index is 1.28. The van der Waals surface area contributed by atoms with Gasteiger partial charge in [-0.2, -0.15) is 0 Å². The smallest absolute Gasteiger partial charge is 0.294 e. The highest BCUT2D eigenvalue weighted by Crippen LogP contribution is 2.38. The second-order valence-corrected chi connectivity index (χ2v) is 11.2. The van der Waals surface area contributed by atoms with Crippen LogP contribution >= 0.6 is 43.6 Å². The molecular weight excluding hydrogens is 651 g/mol. The summed E-state index contributed by atoms with van der Waals surface area (Å²) in [7, 11) is 0. The maximum atomic E-state index is 13.9. The molecule has 1 heterocycles. The van der Waals surface area contributed by atoms with E-state index in [1.807, 2.05) is 36.4 Å². The molecule has 0 saturated carbocycles. The fraction of sp³-hybridized carbons (Fsp3) is 0.0690. The van der Waals surface area contributed by atoms with Crippen LogP contribution in [0, 0.1) is 5.82 Å². The summed E-state index contributed by atoms with van der Waals surface area (Å²) in [5, 5.41) is 4.10. The van der Waals surface area contributed by atoms with Gasteiger partial charge >= 0.3 is 0 Å². The van der Waals surface area contributed by atoms with Crippen LogP contribution in [-0.2, 0) is 16.2 Å². The normalized spacial score (nSPS) is 14.3. The minimum atomic E-state index is -0.551. The lowest BCUT2D eigenvalue weighted by Gasteiger charge is -2.14. The van der Waals surface area contributed by atoms with Gasteiger partial charge in [0.05, 0.1) is 13.9 Å². The van der Waals surface area contributed by atoms with Gasteiger partial charge in [0.25, 0.3) is 11.1 Å². The maximum Gasteiger partial charge on any atom is 0.294 e. The van der Waals surface area contributed by atoms with Crippen LogP contribution in [0.4, 0.5) is 14.9 Å². The number of carbonyl (C=O) groups is 3. The molecule has 0 spiro atoms. The number of nitrogens with zero attached hydrogens (tertiary/aromatic N) is 1. The molecule has 0 atom stereocenters. The third-order valence-electron chi connectivity index (χ3n) is 5.89. The number of rotatable bonds is 7. The number of carbonyl (C=O) groups excluding carboxylic acids is 3. The van der Waals surface area contributed by atoms with Crippen molar-refractivity contribution in [2.45, 2.75) is 6.61 Å². The highest BCUT2D eigenvalue weighted by Gasteiger charge is 2.36. The fourth-order valence-corrected chi connectivity index (χ4v) is 6.31. The molecule has 1 saturated heterocycles. The van der Waals surface area contributed by atoms with Gasteiger partial charge in [-0.05, 0) is 84.9 Å². The van der Waals surface area contributed by atoms with Crippen LogP contribution in [0.25, 0.3) is 16.8 Å². The van der Waals surface area contributed by atoms with Crippen LogP contribution in [0.3, 0.4) is 0 Å². The van der Waals surface area contributed by atoms with E-state index in [2.05, 4.69) is 37.2 Å². The Morgan fingerprint density at radius 1 is 0.974 bits per heavy atom. The molecule has 5 rings (SSSR count). The lowest BCUT2D eigenvalue weighted by atomic mass is 10.1. The number of hydrogen-bond donors (Lipinski definition) is 1. The second kappa shape index (κ2) is 11.7. The summed E-state index contributed by atoms with van der Waals surface area (Å²) in [5.74, 6) is -0.918. The number of fused-ring (bicyclic) bond motifs is 1. The summed E-state index contributed by atoms with van der Waals surface area (Å²) in [4.78, 5) is 39.5. The van der Waals surface area contributed by atoms with Crippen molar-refractivity contribution >= 4 is 83.2 Å². The van der Waals surface area contributed by atoms with E-state index in [1.54, 1.807) is 42.5 Å². The average molecular weight is 670 g/mol. The summed E-state index contributed by atoms with van der Waals surface area (Å²) < 4.78 is 20.9. The maximum absolute atomic E-state index is 13.9. The fourth-order valence-electron chi connectivity index (χ4n) is 4.02. The van der Waals surface area contributed by atoms with Crippen LogP contribution in [0.5, 0.6) is 5.75 Å². The molecule has 1 N–H and O–H groups in total. The first-order chi connectivity index (χ1) is 18.8. The molecule has 4 aromatic rings. The van der Waals surface area contributed by atoms with Crippen molar-refractivity contribution in [2.24, 2.45) is 0 Å². The van der Waals surface area contributed by atoms with Crippen molar-refractivity contribution in [1.82, 2.24) is 4.90 Å². The van der Waals surface area contributed by atoms with Gasteiger partial charge in [0.15, 0.2) is 0 Å². The quantitative estimate of drug-likeness (QED) is 0.204. The van der Waals surface area contributed by atoms with Crippen LogP contribution in [0.2, 0.25) is 0 Å². The SMILES string of the molecule is O=C(CN1C(=O)S/C(=C/c2cc(Br)c(OCc3ccccc3F)c(Br)c2)C1=O)Nc1cccc2ccccc12. The Morgan fingerprint density at radius 2 is 1.67 bits per heavy atom. The van der Waals surface area contributed by atoms with E-state index in [9.17, 15) is 18.8 Å². The number of halogens is 3. The first kappa shape index (κ1) is 27.1. The van der Waals surface area contributed by atoms with Crippen molar-refractivity contribution < 1.29 is 23.5 Å². The lowest BCUT2D eigenvalue weighted by molar-refractivity contribution is -0.127. The standard InChI is InChI=1S/C29H19Br2FN2O4S/c30-21-12-17(13-22(31)27(21)38-16-19-7-2-4-10-23(19)32)14-25-28(36)34(29(37)39-25)15-26(35)33-24-11-5-8-18-6-1-3-9-20(18)24/h1-14H,15-16H2,(H,33,35)/b25-14+. The third-order valence-corrected chi connectivity index (χ3v) is 7.97. The van der Waals surface area contributed by atoms with Gasteiger partial charge in [-0.15, -0.1) is 0 Å². The molecule has 1 aliphatic rings. The molecule has 0 aliphatic carbocycles. The Hall–Kier alpha value is -3.47. The van der Waals surface area contributed by atoms with E-state index < -0.39 is 23.6 Å². The predicted octanol–water partition coefficient (Wildman–Crippen LogP) is 7.76. The minimum Gasteiger partial charge on any atom is -0.486 e. The molecule has 0 radical (unpaired) electrons. The summed E-state index contributed by atoms with van der Waals surface area (Å²) in [6, 6.07) is 22.9. The zero-order valence-corrected chi connectivity index (χ0v) is 24.1. The van der Waals surface area contributed by atoms with Gasteiger partial charge in [-0.25, -0.2) is 4.39 Å². The van der Waals surface area contributed by atoms with Crippen molar-refractivity contribution in [3.05, 3.63) is 110 Å². The number of anilines is 1. The van der Waals surface area contributed by atoms with Gasteiger partial charge in [0.2, 0.25) is 5.91 Å². The first-order valence-electron chi connectivity index (χ1n) is 11.7. The molecule has 4 aromatic carbocycles. The van der Waals surface area contributed by atoms with E-state index in [0.717, 1.165) is 27.4 Å². The average Bonchev–Trinajstić information content (AvgIpc) is 3.16. The topological polar surface area (TPSA) is 75.7 Å². The lowest BCUT2D eigenvalue weighted by Crippen LogP contribution is -2.36. The van der Waals surface area contributed by atoms with Gasteiger partial charge in [0.1, 0.15) is 24.7 Å². The van der Waals surface area contributed by atoms with E-state index in [-0.39, 0.29) is 17.3 Å².